The molecule has 17 heteroatoms. The summed E-state index contributed by atoms with van der Waals surface area (Å²) < 4.78 is 64.2. The molecule has 71 heavy (non-hydrogen) atoms. The van der Waals surface area contributed by atoms with Crippen molar-refractivity contribution in [2.24, 2.45) is 0 Å². The van der Waals surface area contributed by atoms with E-state index in [1.807, 2.05) is 24.3 Å². The lowest BCUT2D eigenvalue weighted by molar-refractivity contribution is -0.941. The van der Waals surface area contributed by atoms with Gasteiger partial charge in [0.15, 0.2) is 46.0 Å². The summed E-state index contributed by atoms with van der Waals surface area (Å²) >= 11 is 0. The molecule has 0 unspecified atom stereocenters. The predicted molar refractivity (Wildman–Crippen MR) is 262 cm³/mol. The number of hydrogen-bond donors (Lipinski definition) is 0. The topological polar surface area (TPSA) is 136 Å². The highest BCUT2D eigenvalue weighted by molar-refractivity contribution is 5.82. The number of likely N-dealkylation sites (N-methyl/N-ethyl adjacent to an activating group) is 2. The molecule has 4 aromatic rings. The molecule has 0 aromatic heterocycles. The minimum absolute atomic E-state index is 0. The first-order chi connectivity index (χ1) is 33.2. The molecule has 15 nitrogen and oxygen atoms in total. The van der Waals surface area contributed by atoms with Crippen LogP contribution < -0.4 is 72.2 Å². The van der Waals surface area contributed by atoms with Crippen LogP contribution in [0.3, 0.4) is 0 Å². The summed E-state index contributed by atoms with van der Waals surface area (Å²) in [5.74, 6) is 5.92. The van der Waals surface area contributed by atoms with Gasteiger partial charge >= 0.3 is 5.97 Å². The van der Waals surface area contributed by atoms with Crippen LogP contribution in [0.15, 0.2) is 48.5 Å². The van der Waals surface area contributed by atoms with Crippen molar-refractivity contribution >= 4 is 11.8 Å². The van der Waals surface area contributed by atoms with Crippen molar-refractivity contribution in [2.75, 3.05) is 118 Å². The van der Waals surface area contributed by atoms with Crippen molar-refractivity contribution in [2.45, 2.75) is 69.9 Å². The predicted octanol–water partition coefficient (Wildman–Crippen LogP) is 2.12. The van der Waals surface area contributed by atoms with E-state index in [4.69, 9.17) is 52.1 Å². The molecule has 0 bridgehead atoms. The lowest BCUT2D eigenvalue weighted by atomic mass is 9.85. The molecule has 4 aromatic carbocycles. The van der Waals surface area contributed by atoms with Crippen molar-refractivity contribution < 1.29 is 95.5 Å². The summed E-state index contributed by atoms with van der Waals surface area (Å²) in [6.45, 7) is 3.53. The number of carbonyl (C=O) groups excluding carboxylic acids is 2. The van der Waals surface area contributed by atoms with Gasteiger partial charge in [0.25, 0.3) is 0 Å². The monoisotopic (exact) mass is 1030 g/mol. The third-order valence-corrected chi connectivity index (χ3v) is 14.4. The average molecular weight is 1030 g/mol. The van der Waals surface area contributed by atoms with Gasteiger partial charge in [-0.1, -0.05) is 0 Å². The lowest BCUT2D eigenvalue weighted by Gasteiger charge is -2.46. The molecule has 0 aliphatic carbocycles. The van der Waals surface area contributed by atoms with Crippen LogP contribution in [0.25, 0.3) is 0 Å². The smallest absolute Gasteiger partial charge is 0.306 e. The van der Waals surface area contributed by atoms with E-state index in [9.17, 15) is 9.59 Å². The molecule has 0 radical (unpaired) electrons. The normalized spacial score (nSPS) is 18.8. The molecule has 0 amide bonds. The van der Waals surface area contributed by atoms with Crippen LogP contribution in [0.5, 0.6) is 57.5 Å². The fourth-order valence-electron chi connectivity index (χ4n) is 10.5. The van der Waals surface area contributed by atoms with E-state index in [1.54, 1.807) is 71.1 Å². The Morgan fingerprint density at radius 1 is 0.465 bits per heavy atom. The maximum atomic E-state index is 13.4. The molecular weight excluding hydrogens is 956 g/mol. The van der Waals surface area contributed by atoms with Gasteiger partial charge in [-0.2, -0.15) is 0 Å². The van der Waals surface area contributed by atoms with Crippen LogP contribution in [0.2, 0.25) is 0 Å². The number of esters is 1. The van der Waals surface area contributed by atoms with Gasteiger partial charge in [-0.3, -0.25) is 9.59 Å². The van der Waals surface area contributed by atoms with E-state index in [2.05, 4.69) is 38.4 Å². The SMILES string of the molecule is COc1cc2c(cc1OC)[C@@H](Cc1cc(OC)c(OC)c(OC)c1)[N@+](C)(CCCOC(=O)CCC(=O)CCC[N@+]1(C)CCc3cc(OC)c(OC)cc3[C@H]1Cc1cc(OC)c(OC)c(OC)c1)CC2.[Cl-].[Cl-]. The second-order valence-electron chi connectivity index (χ2n) is 18.4. The number of quaternary nitrogens is 2. The molecular formula is C54H74Cl2N2O13. The van der Waals surface area contributed by atoms with Gasteiger partial charge in [-0.15, -0.1) is 0 Å². The number of Topliss-reactive ketones (excluding diaryl/α,β-unsaturated/α-hetero) is 1. The van der Waals surface area contributed by atoms with Crippen LogP contribution in [-0.2, 0) is 40.0 Å². The number of methoxy groups -OCH3 is 10. The lowest BCUT2D eigenvalue weighted by Crippen LogP contribution is -3.00. The molecule has 0 fully saturated rings. The van der Waals surface area contributed by atoms with E-state index < -0.39 is 0 Å². The number of carbonyl (C=O) groups is 2. The number of fused-ring (bicyclic) bond motifs is 2. The molecule has 2 aliphatic rings. The van der Waals surface area contributed by atoms with E-state index in [1.165, 1.54) is 22.3 Å². The molecule has 0 N–H and O–H groups in total. The van der Waals surface area contributed by atoms with E-state index in [0.717, 1.165) is 50.1 Å². The number of hydrogen-bond acceptors (Lipinski definition) is 13. The maximum Gasteiger partial charge on any atom is 0.306 e. The zero-order chi connectivity index (χ0) is 49.9. The summed E-state index contributed by atoms with van der Waals surface area (Å²) in [7, 11) is 20.8. The van der Waals surface area contributed by atoms with E-state index in [0.29, 0.717) is 98.6 Å². The standard InChI is InChI=1S/C54H74N2O13.2ClH/c1-55(22-18-37-31-44(59-3)46(61-5)33-40(37)42(55)25-35-27-48(63-7)53(67-11)49(28-35)64-8)20-13-15-39(57)16-17-52(58)69-24-14-21-56(2)23-19-38-32-45(60-4)47(62-6)34-41(38)43(56)26-36-29-50(65-9)54(68-12)51(30-36)66-10;;/h27-34,42-43H,13-26H2,1-12H3;2*1H/q+2;;/p-2/t42-,43-,55-,56-;;/m1../s1. The quantitative estimate of drug-likeness (QED) is 0.0546. The van der Waals surface area contributed by atoms with Crippen LogP contribution in [0.1, 0.15) is 77.6 Å². The van der Waals surface area contributed by atoms with Gasteiger partial charge in [-0.25, -0.2) is 0 Å². The summed E-state index contributed by atoms with van der Waals surface area (Å²) in [6.07, 6.45) is 4.95. The zero-order valence-corrected chi connectivity index (χ0v) is 45.1. The number of ketones is 1. The third kappa shape index (κ3) is 13.1. The van der Waals surface area contributed by atoms with Crippen LogP contribution in [0, 0.1) is 0 Å². The van der Waals surface area contributed by atoms with Crippen molar-refractivity contribution in [3.05, 3.63) is 81.9 Å². The Bertz CT molecular complexity index is 2390. The van der Waals surface area contributed by atoms with Gasteiger partial charge in [0.1, 0.15) is 17.9 Å². The highest BCUT2D eigenvalue weighted by Gasteiger charge is 2.42. The summed E-state index contributed by atoms with van der Waals surface area (Å²) in [5.41, 5.74) is 6.86. The number of rotatable bonds is 25. The zero-order valence-electron chi connectivity index (χ0n) is 43.6. The second kappa shape index (κ2) is 26.3. The number of ether oxygens (including phenoxy) is 11. The van der Waals surface area contributed by atoms with Crippen molar-refractivity contribution in [1.29, 1.82) is 0 Å². The Hall–Kier alpha value is -5.48. The van der Waals surface area contributed by atoms with Gasteiger partial charge in [-0.05, 0) is 70.8 Å². The Balaban J connectivity index is 0.00000548. The first kappa shape index (κ1) is 58.1. The summed E-state index contributed by atoms with van der Waals surface area (Å²) in [6, 6.07) is 16.4. The summed E-state index contributed by atoms with van der Waals surface area (Å²) in [4.78, 5) is 26.5. The van der Waals surface area contributed by atoms with E-state index in [-0.39, 0.29) is 68.1 Å². The minimum Gasteiger partial charge on any atom is -1.00 e. The van der Waals surface area contributed by atoms with Gasteiger partial charge in [0.05, 0.1) is 124 Å². The van der Waals surface area contributed by atoms with Crippen molar-refractivity contribution in [3.63, 3.8) is 0 Å². The van der Waals surface area contributed by atoms with Crippen molar-refractivity contribution in [1.82, 2.24) is 0 Å². The van der Waals surface area contributed by atoms with Crippen LogP contribution >= 0.6 is 0 Å². The molecule has 0 saturated heterocycles. The molecule has 6 rings (SSSR count). The Labute approximate surface area is 432 Å². The maximum absolute atomic E-state index is 13.4. The van der Waals surface area contributed by atoms with Gasteiger partial charge in [0, 0.05) is 62.5 Å². The second-order valence-corrected chi connectivity index (χ2v) is 18.4. The Morgan fingerprint density at radius 2 is 0.831 bits per heavy atom. The van der Waals surface area contributed by atoms with Crippen molar-refractivity contribution in [3.8, 4) is 57.5 Å². The number of halogens is 2. The van der Waals surface area contributed by atoms with E-state index >= 15 is 0 Å². The Kier molecular flexibility index (Phi) is 21.5. The average Bonchev–Trinajstić information content (AvgIpc) is 3.37. The van der Waals surface area contributed by atoms with Crippen LogP contribution in [-0.4, -0.2) is 139 Å². The molecule has 2 heterocycles. The van der Waals surface area contributed by atoms with Gasteiger partial charge in [0.2, 0.25) is 11.5 Å². The first-order valence-electron chi connectivity index (χ1n) is 23.7. The largest absolute Gasteiger partial charge is 1.00 e. The fourth-order valence-corrected chi connectivity index (χ4v) is 10.5. The summed E-state index contributed by atoms with van der Waals surface area (Å²) in [5, 5.41) is 0. The van der Waals surface area contributed by atoms with Crippen LogP contribution in [0.4, 0.5) is 0 Å². The fraction of sp³-hybridized carbons (Fsp3) is 0.519. The number of nitrogens with zero attached hydrogens (tertiary/aromatic N) is 2. The highest BCUT2D eigenvalue weighted by Crippen LogP contribution is 2.47. The molecule has 0 saturated carbocycles. The number of benzene rings is 4. The molecule has 4 atom stereocenters. The van der Waals surface area contributed by atoms with Gasteiger partial charge < -0.3 is 85.9 Å². The minimum atomic E-state index is -0.359. The molecule has 0 spiro atoms. The molecule has 2 aliphatic heterocycles. The first-order valence-corrected chi connectivity index (χ1v) is 23.7. The Morgan fingerprint density at radius 3 is 1.20 bits per heavy atom. The molecule has 392 valence electrons. The third-order valence-electron chi connectivity index (χ3n) is 14.4. The highest BCUT2D eigenvalue weighted by atomic mass is 35.5.